The molecule has 4 heteroatoms. The van der Waals surface area contributed by atoms with Crippen molar-refractivity contribution < 1.29 is 9.53 Å². The van der Waals surface area contributed by atoms with Crippen molar-refractivity contribution in [1.29, 1.82) is 5.26 Å². The standard InChI is InChI=1S/C16H20N2O2/c1-3-16(4-2,11-17)18-15(19)13-9-12-7-5-6-8-14(12)20-10-13/h5-8,13H,3-4,9-10H2,1-2H3,(H,18,19). The van der Waals surface area contributed by atoms with Crippen molar-refractivity contribution in [3.8, 4) is 11.8 Å². The fourth-order valence-electron chi connectivity index (χ4n) is 2.45. The van der Waals surface area contributed by atoms with Crippen molar-refractivity contribution in [1.82, 2.24) is 5.32 Å². The Balaban J connectivity index is 2.07. The molecule has 0 spiro atoms. The highest BCUT2D eigenvalue weighted by Gasteiger charge is 2.33. The lowest BCUT2D eigenvalue weighted by Gasteiger charge is -2.30. The highest BCUT2D eigenvalue weighted by Crippen LogP contribution is 2.27. The molecule has 1 heterocycles. The first-order valence-corrected chi connectivity index (χ1v) is 7.08. The molecule has 2 rings (SSSR count). The van der Waals surface area contributed by atoms with Gasteiger partial charge in [0.05, 0.1) is 12.0 Å². The van der Waals surface area contributed by atoms with Crippen LogP contribution in [0.3, 0.4) is 0 Å². The molecular formula is C16H20N2O2. The Kier molecular flexibility index (Phi) is 4.29. The third-order valence-corrected chi connectivity index (χ3v) is 4.03. The second kappa shape index (κ2) is 5.96. The minimum Gasteiger partial charge on any atom is -0.492 e. The lowest BCUT2D eigenvalue weighted by molar-refractivity contribution is -0.127. The molecule has 1 aliphatic heterocycles. The van der Waals surface area contributed by atoms with E-state index in [-0.39, 0.29) is 11.8 Å². The van der Waals surface area contributed by atoms with Gasteiger partial charge in [0, 0.05) is 0 Å². The maximum absolute atomic E-state index is 12.4. The van der Waals surface area contributed by atoms with Crippen molar-refractivity contribution in [2.45, 2.75) is 38.6 Å². The van der Waals surface area contributed by atoms with Gasteiger partial charge in [-0.2, -0.15) is 5.26 Å². The van der Waals surface area contributed by atoms with Crippen LogP contribution in [-0.2, 0) is 11.2 Å². The van der Waals surface area contributed by atoms with E-state index in [2.05, 4.69) is 11.4 Å². The molecule has 0 fully saturated rings. The summed E-state index contributed by atoms with van der Waals surface area (Å²) in [5, 5.41) is 12.2. The number of carbonyl (C=O) groups excluding carboxylic acids is 1. The SMILES string of the molecule is CCC(C#N)(CC)NC(=O)C1COc2ccccc2C1. The van der Waals surface area contributed by atoms with E-state index in [1.165, 1.54) is 0 Å². The molecule has 0 saturated carbocycles. The molecule has 1 amide bonds. The van der Waals surface area contributed by atoms with Crippen LogP contribution in [-0.4, -0.2) is 18.1 Å². The monoisotopic (exact) mass is 272 g/mol. The van der Waals surface area contributed by atoms with Gasteiger partial charge in [0.2, 0.25) is 5.91 Å². The maximum Gasteiger partial charge on any atom is 0.228 e. The van der Waals surface area contributed by atoms with Gasteiger partial charge >= 0.3 is 0 Å². The Morgan fingerprint density at radius 3 is 2.80 bits per heavy atom. The predicted octanol–water partition coefficient (Wildman–Crippen LogP) is 2.44. The van der Waals surface area contributed by atoms with E-state index in [0.717, 1.165) is 11.3 Å². The molecule has 20 heavy (non-hydrogen) atoms. The summed E-state index contributed by atoms with van der Waals surface area (Å²) < 4.78 is 5.63. The number of nitrogens with zero attached hydrogens (tertiary/aromatic N) is 1. The molecule has 1 unspecified atom stereocenters. The summed E-state index contributed by atoms with van der Waals surface area (Å²) >= 11 is 0. The lowest BCUT2D eigenvalue weighted by Crippen LogP contribution is -2.50. The molecule has 0 saturated heterocycles. The minimum absolute atomic E-state index is 0.0928. The number of hydrogen-bond acceptors (Lipinski definition) is 3. The van der Waals surface area contributed by atoms with Crippen molar-refractivity contribution in [2.24, 2.45) is 5.92 Å². The molecule has 1 N–H and O–H groups in total. The highest BCUT2D eigenvalue weighted by atomic mass is 16.5. The highest BCUT2D eigenvalue weighted by molar-refractivity contribution is 5.80. The van der Waals surface area contributed by atoms with Gasteiger partial charge in [0.1, 0.15) is 17.9 Å². The third-order valence-electron chi connectivity index (χ3n) is 4.03. The van der Waals surface area contributed by atoms with Gasteiger partial charge in [-0.3, -0.25) is 4.79 Å². The molecule has 0 radical (unpaired) electrons. The van der Waals surface area contributed by atoms with Gasteiger partial charge < -0.3 is 10.1 Å². The zero-order valence-electron chi connectivity index (χ0n) is 12.0. The van der Waals surface area contributed by atoms with Crippen molar-refractivity contribution in [2.75, 3.05) is 6.61 Å². The fraction of sp³-hybridized carbons (Fsp3) is 0.500. The van der Waals surface area contributed by atoms with Crippen molar-refractivity contribution in [3.05, 3.63) is 29.8 Å². The Morgan fingerprint density at radius 2 is 2.15 bits per heavy atom. The van der Waals surface area contributed by atoms with Crippen LogP contribution in [0.5, 0.6) is 5.75 Å². The number of rotatable bonds is 4. The van der Waals surface area contributed by atoms with Crippen molar-refractivity contribution in [3.63, 3.8) is 0 Å². The molecule has 0 aromatic heterocycles. The smallest absolute Gasteiger partial charge is 0.228 e. The molecular weight excluding hydrogens is 252 g/mol. The topological polar surface area (TPSA) is 62.1 Å². The van der Waals surface area contributed by atoms with Gasteiger partial charge in [0.15, 0.2) is 0 Å². The minimum atomic E-state index is -0.756. The summed E-state index contributed by atoms with van der Waals surface area (Å²) in [5.41, 5.74) is 0.295. The lowest BCUT2D eigenvalue weighted by atomic mass is 9.91. The van der Waals surface area contributed by atoms with E-state index >= 15 is 0 Å². The van der Waals surface area contributed by atoms with Gasteiger partial charge in [-0.05, 0) is 30.9 Å². The summed E-state index contributed by atoms with van der Waals surface area (Å²) in [4.78, 5) is 12.4. The third kappa shape index (κ3) is 2.77. The first-order valence-electron chi connectivity index (χ1n) is 7.08. The summed E-state index contributed by atoms with van der Waals surface area (Å²) in [6.45, 7) is 4.21. The number of para-hydroxylation sites is 1. The average molecular weight is 272 g/mol. The van der Waals surface area contributed by atoms with Crippen LogP contribution in [0.1, 0.15) is 32.3 Å². The number of hydrogen-bond donors (Lipinski definition) is 1. The van der Waals surface area contributed by atoms with Gasteiger partial charge in [-0.15, -0.1) is 0 Å². The normalized spacial score (nSPS) is 17.6. The molecule has 0 aliphatic carbocycles. The quantitative estimate of drug-likeness (QED) is 0.915. The molecule has 1 atom stereocenters. The Bertz CT molecular complexity index is 530. The largest absolute Gasteiger partial charge is 0.492 e. The number of ether oxygens (including phenoxy) is 1. The number of benzene rings is 1. The van der Waals surface area contributed by atoms with Crippen LogP contribution in [0.2, 0.25) is 0 Å². The number of nitriles is 1. The second-order valence-corrected chi connectivity index (χ2v) is 5.21. The van der Waals surface area contributed by atoms with E-state index in [1.807, 2.05) is 38.1 Å². The van der Waals surface area contributed by atoms with Crippen LogP contribution in [0.4, 0.5) is 0 Å². The molecule has 1 aliphatic rings. The summed E-state index contributed by atoms with van der Waals surface area (Å²) in [6.07, 6.45) is 1.88. The maximum atomic E-state index is 12.4. The number of nitrogens with one attached hydrogen (secondary N) is 1. The number of carbonyl (C=O) groups is 1. The molecule has 1 aromatic rings. The van der Waals surface area contributed by atoms with E-state index in [4.69, 9.17) is 4.74 Å². The van der Waals surface area contributed by atoms with Crippen LogP contribution < -0.4 is 10.1 Å². The molecule has 0 bridgehead atoms. The molecule has 1 aromatic carbocycles. The van der Waals surface area contributed by atoms with Crippen LogP contribution in [0.15, 0.2) is 24.3 Å². The van der Waals surface area contributed by atoms with Crippen LogP contribution in [0.25, 0.3) is 0 Å². The van der Waals surface area contributed by atoms with E-state index in [9.17, 15) is 10.1 Å². The summed E-state index contributed by atoms with van der Waals surface area (Å²) in [6, 6.07) is 10.00. The van der Waals surface area contributed by atoms with Gasteiger partial charge in [-0.1, -0.05) is 32.0 Å². The van der Waals surface area contributed by atoms with Crippen molar-refractivity contribution >= 4 is 5.91 Å². The molecule has 106 valence electrons. The van der Waals surface area contributed by atoms with E-state index in [0.29, 0.717) is 25.9 Å². The zero-order valence-corrected chi connectivity index (χ0v) is 12.0. The Labute approximate surface area is 119 Å². The Morgan fingerprint density at radius 1 is 1.45 bits per heavy atom. The number of amides is 1. The van der Waals surface area contributed by atoms with E-state index in [1.54, 1.807) is 0 Å². The zero-order chi connectivity index (χ0) is 14.6. The average Bonchev–Trinajstić information content (AvgIpc) is 2.52. The predicted molar refractivity (Wildman–Crippen MR) is 76.2 cm³/mol. The summed E-state index contributed by atoms with van der Waals surface area (Å²) in [5.74, 6) is 0.537. The fourth-order valence-corrected chi connectivity index (χ4v) is 2.45. The summed E-state index contributed by atoms with van der Waals surface area (Å²) in [7, 11) is 0. The van der Waals surface area contributed by atoms with E-state index < -0.39 is 5.54 Å². The number of fused-ring (bicyclic) bond motifs is 1. The first-order chi connectivity index (χ1) is 9.64. The first kappa shape index (κ1) is 14.4. The van der Waals surface area contributed by atoms with Crippen LogP contribution >= 0.6 is 0 Å². The Hall–Kier alpha value is -2.02. The van der Waals surface area contributed by atoms with Crippen LogP contribution in [0, 0.1) is 17.2 Å². The van der Waals surface area contributed by atoms with Gasteiger partial charge in [0.25, 0.3) is 0 Å². The second-order valence-electron chi connectivity index (χ2n) is 5.21. The van der Waals surface area contributed by atoms with Gasteiger partial charge in [-0.25, -0.2) is 0 Å². The molecule has 4 nitrogen and oxygen atoms in total.